The largest absolute Gasteiger partial charge is 0.481 e. The van der Waals surface area contributed by atoms with Gasteiger partial charge in [0.1, 0.15) is 0 Å². The van der Waals surface area contributed by atoms with Gasteiger partial charge in [0.15, 0.2) is 18.2 Å². The zero-order chi connectivity index (χ0) is 15.5. The molecule has 22 heavy (non-hydrogen) atoms. The van der Waals surface area contributed by atoms with Crippen LogP contribution < -0.4 is 4.74 Å². The van der Waals surface area contributed by atoms with Gasteiger partial charge in [-0.15, -0.1) is 0 Å². The minimum absolute atomic E-state index is 0.0676. The molecule has 5 heteroatoms. The predicted molar refractivity (Wildman–Crippen MR) is 82.2 cm³/mol. The summed E-state index contributed by atoms with van der Waals surface area (Å²) < 4.78 is 18.7. The summed E-state index contributed by atoms with van der Waals surface area (Å²) >= 11 is 0. The number of ether oxygens (including phenoxy) is 1. The number of piperazine rings is 1. The number of hydrogen-bond acceptors (Lipinski definition) is 3. The first-order valence-electron chi connectivity index (χ1n) is 8.04. The van der Waals surface area contributed by atoms with Gasteiger partial charge in [0.2, 0.25) is 0 Å². The molecule has 1 atom stereocenters. The van der Waals surface area contributed by atoms with Gasteiger partial charge in [-0.3, -0.25) is 9.69 Å². The predicted octanol–water partition coefficient (Wildman–Crippen LogP) is 2.15. The zero-order valence-electron chi connectivity index (χ0n) is 13.0. The Balaban J connectivity index is 1.44. The van der Waals surface area contributed by atoms with Crippen molar-refractivity contribution < 1.29 is 13.9 Å². The summed E-state index contributed by atoms with van der Waals surface area (Å²) in [4.78, 5) is 16.5. The van der Waals surface area contributed by atoms with Crippen LogP contribution in [0.4, 0.5) is 4.39 Å². The second kappa shape index (κ2) is 6.65. The van der Waals surface area contributed by atoms with Crippen molar-refractivity contribution in [3.05, 3.63) is 30.1 Å². The van der Waals surface area contributed by atoms with Gasteiger partial charge in [0, 0.05) is 32.2 Å². The van der Waals surface area contributed by atoms with E-state index < -0.39 is 5.82 Å². The van der Waals surface area contributed by atoms with E-state index >= 15 is 0 Å². The fourth-order valence-electron chi connectivity index (χ4n) is 3.05. The van der Waals surface area contributed by atoms with Crippen LogP contribution in [0.2, 0.25) is 0 Å². The molecule has 1 amide bonds. The van der Waals surface area contributed by atoms with E-state index in [0.29, 0.717) is 6.04 Å². The van der Waals surface area contributed by atoms with Gasteiger partial charge >= 0.3 is 0 Å². The lowest BCUT2D eigenvalue weighted by Crippen LogP contribution is -2.52. The first-order chi connectivity index (χ1) is 10.6. The lowest BCUT2D eigenvalue weighted by atomic mass is 10.1. The van der Waals surface area contributed by atoms with Crippen molar-refractivity contribution in [1.29, 1.82) is 0 Å². The van der Waals surface area contributed by atoms with Gasteiger partial charge in [-0.1, -0.05) is 12.1 Å². The number of amides is 1. The maximum Gasteiger partial charge on any atom is 0.260 e. The Bertz CT molecular complexity index is 525. The molecule has 1 aromatic carbocycles. The van der Waals surface area contributed by atoms with Crippen LogP contribution in [-0.4, -0.2) is 54.5 Å². The van der Waals surface area contributed by atoms with Crippen LogP contribution in [0.15, 0.2) is 24.3 Å². The Morgan fingerprint density at radius 1 is 1.27 bits per heavy atom. The van der Waals surface area contributed by atoms with Gasteiger partial charge in [-0.2, -0.15) is 0 Å². The Morgan fingerprint density at radius 3 is 2.59 bits per heavy atom. The molecule has 0 aromatic heterocycles. The summed E-state index contributed by atoms with van der Waals surface area (Å²) in [7, 11) is 0. The summed E-state index contributed by atoms with van der Waals surface area (Å²) in [5.74, 6) is 0.490. The van der Waals surface area contributed by atoms with Crippen LogP contribution in [0.3, 0.4) is 0 Å². The second-order valence-electron chi connectivity index (χ2n) is 6.21. The van der Waals surface area contributed by atoms with Crippen LogP contribution in [0.1, 0.15) is 19.8 Å². The summed E-state index contributed by atoms with van der Waals surface area (Å²) in [6, 6.07) is 6.80. The summed E-state index contributed by atoms with van der Waals surface area (Å²) in [5, 5.41) is 0. The number of para-hydroxylation sites is 1. The summed E-state index contributed by atoms with van der Waals surface area (Å²) in [6.07, 6.45) is 2.69. The number of benzene rings is 1. The third kappa shape index (κ3) is 3.58. The SMILES string of the molecule is CC(C1CC1)N1CCN(C(=O)COc2ccccc2F)CC1. The molecule has 1 unspecified atom stereocenters. The van der Waals surface area contributed by atoms with E-state index in [-0.39, 0.29) is 18.3 Å². The third-order valence-electron chi connectivity index (χ3n) is 4.73. The molecule has 1 aliphatic heterocycles. The third-order valence-corrected chi connectivity index (χ3v) is 4.73. The average molecular weight is 306 g/mol. The average Bonchev–Trinajstić information content (AvgIpc) is 3.38. The van der Waals surface area contributed by atoms with Gasteiger partial charge < -0.3 is 9.64 Å². The van der Waals surface area contributed by atoms with Crippen molar-refractivity contribution in [1.82, 2.24) is 9.80 Å². The number of rotatable bonds is 5. The van der Waals surface area contributed by atoms with E-state index in [0.717, 1.165) is 32.1 Å². The van der Waals surface area contributed by atoms with Crippen LogP contribution in [0.5, 0.6) is 5.75 Å². The summed E-state index contributed by atoms with van der Waals surface area (Å²) in [5.41, 5.74) is 0. The molecular weight excluding hydrogens is 283 g/mol. The van der Waals surface area contributed by atoms with Gasteiger partial charge in [0.25, 0.3) is 5.91 Å². The van der Waals surface area contributed by atoms with Crippen molar-refractivity contribution >= 4 is 5.91 Å². The number of carbonyl (C=O) groups excluding carboxylic acids is 1. The fraction of sp³-hybridized carbons (Fsp3) is 0.588. The number of nitrogens with zero attached hydrogens (tertiary/aromatic N) is 2. The van der Waals surface area contributed by atoms with Gasteiger partial charge in [-0.05, 0) is 37.8 Å². The molecule has 1 saturated carbocycles. The smallest absolute Gasteiger partial charge is 0.260 e. The highest BCUT2D eigenvalue weighted by atomic mass is 19.1. The molecule has 2 fully saturated rings. The van der Waals surface area contributed by atoms with Crippen molar-refractivity contribution in [2.24, 2.45) is 5.92 Å². The highest BCUT2D eigenvalue weighted by Gasteiger charge is 2.33. The molecule has 0 radical (unpaired) electrons. The number of halogens is 1. The highest BCUT2D eigenvalue weighted by molar-refractivity contribution is 5.77. The Kier molecular flexibility index (Phi) is 4.62. The zero-order valence-corrected chi connectivity index (χ0v) is 13.0. The van der Waals surface area contributed by atoms with E-state index in [2.05, 4.69) is 11.8 Å². The molecule has 1 heterocycles. The lowest BCUT2D eigenvalue weighted by molar-refractivity contribution is -0.135. The second-order valence-corrected chi connectivity index (χ2v) is 6.21. The minimum Gasteiger partial charge on any atom is -0.481 e. The van der Waals surface area contributed by atoms with Gasteiger partial charge in [-0.25, -0.2) is 4.39 Å². The van der Waals surface area contributed by atoms with E-state index in [9.17, 15) is 9.18 Å². The van der Waals surface area contributed by atoms with Crippen LogP contribution in [-0.2, 0) is 4.79 Å². The molecule has 0 N–H and O–H groups in total. The van der Waals surface area contributed by atoms with Crippen LogP contribution in [0.25, 0.3) is 0 Å². The first-order valence-corrected chi connectivity index (χ1v) is 8.04. The molecule has 1 aromatic rings. The lowest BCUT2D eigenvalue weighted by Gasteiger charge is -2.38. The van der Waals surface area contributed by atoms with Crippen molar-refractivity contribution in [2.75, 3.05) is 32.8 Å². The molecule has 120 valence electrons. The van der Waals surface area contributed by atoms with Crippen LogP contribution >= 0.6 is 0 Å². The Labute approximate surface area is 130 Å². The molecule has 1 saturated heterocycles. The molecule has 2 aliphatic rings. The first kappa shape index (κ1) is 15.3. The normalized spacial score (nSPS) is 20.7. The number of carbonyl (C=O) groups is 1. The highest BCUT2D eigenvalue weighted by Crippen LogP contribution is 2.35. The molecular formula is C17H23FN2O2. The van der Waals surface area contributed by atoms with Crippen molar-refractivity contribution in [3.63, 3.8) is 0 Å². The quantitative estimate of drug-likeness (QED) is 0.835. The van der Waals surface area contributed by atoms with E-state index in [1.807, 2.05) is 4.90 Å². The standard InChI is InChI=1S/C17H23FN2O2/c1-13(14-6-7-14)19-8-10-20(11-9-19)17(21)12-22-16-5-3-2-4-15(16)18/h2-5,13-14H,6-12H2,1H3. The minimum atomic E-state index is -0.432. The monoisotopic (exact) mass is 306 g/mol. The molecule has 0 bridgehead atoms. The van der Waals surface area contributed by atoms with E-state index in [4.69, 9.17) is 4.74 Å². The molecule has 3 rings (SSSR count). The maximum atomic E-state index is 13.4. The van der Waals surface area contributed by atoms with Crippen molar-refractivity contribution in [2.45, 2.75) is 25.8 Å². The van der Waals surface area contributed by atoms with Crippen LogP contribution in [0, 0.1) is 11.7 Å². The topological polar surface area (TPSA) is 32.8 Å². The maximum absolute atomic E-state index is 13.4. The summed E-state index contributed by atoms with van der Waals surface area (Å²) in [6.45, 7) is 5.49. The fourth-order valence-corrected chi connectivity index (χ4v) is 3.05. The van der Waals surface area contributed by atoms with E-state index in [1.165, 1.54) is 25.0 Å². The number of hydrogen-bond donors (Lipinski definition) is 0. The molecule has 0 spiro atoms. The Morgan fingerprint density at radius 2 is 1.95 bits per heavy atom. The Hall–Kier alpha value is -1.62. The van der Waals surface area contributed by atoms with Gasteiger partial charge in [0.05, 0.1) is 0 Å². The molecule has 4 nitrogen and oxygen atoms in total. The van der Waals surface area contributed by atoms with E-state index in [1.54, 1.807) is 12.1 Å². The molecule has 1 aliphatic carbocycles. The van der Waals surface area contributed by atoms with Crippen molar-refractivity contribution in [3.8, 4) is 5.75 Å².